The molecule has 612 valence electrons. The van der Waals surface area contributed by atoms with Crippen LogP contribution in [-0.4, -0.2) is 203 Å². The fourth-order valence-corrected chi connectivity index (χ4v) is 18.1. The largest absolute Gasteiger partial charge is 0.508 e. The van der Waals surface area contributed by atoms with Gasteiger partial charge in [-0.25, -0.2) is 69.8 Å². The van der Waals surface area contributed by atoms with Crippen LogP contribution in [0.15, 0.2) is 181 Å². The third-order valence-electron chi connectivity index (χ3n) is 24.6. The van der Waals surface area contributed by atoms with Gasteiger partial charge in [0.15, 0.2) is 0 Å². The number of hydrogen-bond acceptors (Lipinski definition) is 21. The predicted octanol–water partition coefficient (Wildman–Crippen LogP) is 11.3. The van der Waals surface area contributed by atoms with E-state index in [0.29, 0.717) is 104 Å². The molecule has 31 heteroatoms. The molecule has 10 aromatic rings. The first-order chi connectivity index (χ1) is 56.4. The number of rotatable bonds is 28. The van der Waals surface area contributed by atoms with E-state index in [1.54, 1.807) is 53.2 Å². The number of benzene rings is 6. The van der Waals surface area contributed by atoms with Gasteiger partial charge in [-0.2, -0.15) is 20.4 Å². The Morgan fingerprint density at radius 2 is 0.802 bits per heavy atom. The highest BCUT2D eigenvalue weighted by molar-refractivity contribution is 5.61. The van der Waals surface area contributed by atoms with Crippen LogP contribution in [-0.2, 0) is 43.2 Å². The lowest BCUT2D eigenvalue weighted by Crippen LogP contribution is -2.48. The number of anilines is 4. The first-order valence-electron chi connectivity index (χ1n) is 40.6. The fourth-order valence-electron chi connectivity index (χ4n) is 18.1. The molecule has 0 saturated carbocycles. The molecule has 8 atom stereocenters. The van der Waals surface area contributed by atoms with Gasteiger partial charge in [0.25, 0.3) is 0 Å². The number of nitrogens with zero attached hydrogens (tertiary/aromatic N) is 18. The normalized spacial score (nSPS) is 21.8. The molecule has 6 aromatic carbocycles. The van der Waals surface area contributed by atoms with Gasteiger partial charge in [0.2, 0.25) is 0 Å². The molecule has 0 bridgehead atoms. The molecule has 0 N–H and O–H groups in total. The van der Waals surface area contributed by atoms with E-state index in [2.05, 4.69) is 136 Å². The van der Waals surface area contributed by atoms with E-state index in [1.807, 2.05) is 48.5 Å². The molecule has 0 unspecified atom stereocenters. The lowest BCUT2D eigenvalue weighted by molar-refractivity contribution is -0.0402. The average molecular weight is 1590 g/mol. The smallest absolute Gasteiger partial charge is 0.493 e. The zero-order chi connectivity index (χ0) is 80.0. The molecule has 116 heavy (non-hydrogen) atoms. The zero-order valence-electron chi connectivity index (χ0n) is 65.9. The molecule has 6 aliphatic rings. The van der Waals surface area contributed by atoms with E-state index in [0.717, 1.165) is 110 Å². The van der Waals surface area contributed by atoms with Gasteiger partial charge in [0.05, 0.1) is 63.0 Å². The SMILES string of the molecule is CC[C@@H]([C@H](C)N1CCC(OC(=O)OC2CCN([C@@H](C)[C@H](CC)n3ncn(-c4ccc(N5CCN(c6ccc(OC[C@@H]7CO[C@@](Cn8cncn8)(c8ccc(F)cc8F)C7)cc6)CC5)cc4)c3=O)CC2)CC1)n1ncn(-c2ccc(N3CCN(c4ccc(OC[C@@H]5CO[C@@](Cn6cncn6)(c6ccc(F)cc6F)C5)cc4)CC3)cc2)c1=O. The maximum Gasteiger partial charge on any atom is 0.508 e. The van der Waals surface area contributed by atoms with Crippen molar-refractivity contribution >= 4 is 28.9 Å². The summed E-state index contributed by atoms with van der Waals surface area (Å²) in [6.45, 7) is 19.5. The van der Waals surface area contributed by atoms with Crippen LogP contribution in [0.3, 0.4) is 0 Å². The first kappa shape index (κ1) is 79.0. The number of hydrogen-bond donors (Lipinski definition) is 0. The Morgan fingerprint density at radius 1 is 0.457 bits per heavy atom. The standard InChI is InChI=1S/C85H100F4N18O9/c1-5-79(106-81(108)104(57-94-106)69-13-9-65(10-14-69)98-35-39-100(40-36-98)67-17-21-71(22-18-67)111-47-61-45-84(113-49-61,51-102-55-90-53-92-102)75-25-7-63(86)43-77(75)88)59(3)96-31-27-73(28-32-96)115-83(110)116-74-29-33-97(34-30-74)60(4)80(6-2)107-82(109)105(58-95-107)70-15-11-66(12-16-70)99-37-41-101(42-38-99)68-19-23-72(24-20-68)112-48-62-46-85(114-50-62,52-103-56-91-54-93-103)76-26-8-64(87)44-78(76)89/h7-26,43-44,53-62,73-74,79-80H,5-6,27-42,45-52H2,1-4H3/t59-,60-,61+,62+,79-,80-,84-,85-/m0/s1. The summed E-state index contributed by atoms with van der Waals surface area (Å²) < 4.78 is 105. The van der Waals surface area contributed by atoms with E-state index >= 15 is 8.78 Å². The van der Waals surface area contributed by atoms with Gasteiger partial charge in [-0.3, -0.25) is 9.80 Å². The van der Waals surface area contributed by atoms with E-state index in [1.165, 1.54) is 36.9 Å². The van der Waals surface area contributed by atoms with Gasteiger partial charge >= 0.3 is 17.5 Å². The van der Waals surface area contributed by atoms with Gasteiger partial charge in [-0.1, -0.05) is 26.0 Å². The van der Waals surface area contributed by atoms with Crippen molar-refractivity contribution in [1.29, 1.82) is 0 Å². The monoisotopic (exact) mass is 1590 g/mol. The summed E-state index contributed by atoms with van der Waals surface area (Å²) in [6.07, 6.45) is 12.8. The van der Waals surface area contributed by atoms with Crippen molar-refractivity contribution in [2.75, 3.05) is 125 Å². The second-order valence-corrected chi connectivity index (χ2v) is 31.6. The van der Waals surface area contributed by atoms with Crippen LogP contribution < -0.4 is 40.5 Å². The minimum atomic E-state index is -1.05. The molecule has 10 heterocycles. The molecule has 4 aromatic heterocycles. The summed E-state index contributed by atoms with van der Waals surface area (Å²) in [7, 11) is 0. The average Bonchev–Trinajstić information content (AvgIpc) is 1.60. The summed E-state index contributed by atoms with van der Waals surface area (Å²) in [5.41, 5.74) is 3.86. The number of carbonyl (C=O) groups excluding carboxylic acids is 1. The molecule has 6 fully saturated rings. The Labute approximate surface area is 670 Å². The number of piperidine rings is 2. The Hall–Kier alpha value is -10.9. The maximum atomic E-state index is 15.2. The van der Waals surface area contributed by atoms with Crippen molar-refractivity contribution < 1.29 is 50.8 Å². The van der Waals surface area contributed by atoms with Crippen molar-refractivity contribution in [2.45, 2.75) is 140 Å². The van der Waals surface area contributed by atoms with Crippen molar-refractivity contribution in [1.82, 2.24) is 68.0 Å². The summed E-state index contributed by atoms with van der Waals surface area (Å²) in [5.74, 6) is -1.27. The summed E-state index contributed by atoms with van der Waals surface area (Å²) in [5, 5.41) is 17.8. The minimum absolute atomic E-state index is 0.0128. The molecule has 6 aliphatic heterocycles. The predicted molar refractivity (Wildman–Crippen MR) is 427 cm³/mol. The number of likely N-dealkylation sites (tertiary alicyclic amines) is 2. The Kier molecular flexibility index (Phi) is 23.8. The summed E-state index contributed by atoms with van der Waals surface area (Å²) in [4.78, 5) is 63.8. The highest BCUT2D eigenvalue weighted by Gasteiger charge is 2.47. The third kappa shape index (κ3) is 17.3. The molecule has 0 amide bonds. The van der Waals surface area contributed by atoms with E-state index in [-0.39, 0.29) is 83.8 Å². The van der Waals surface area contributed by atoms with Gasteiger partial charge in [0.1, 0.15) is 96.1 Å². The molecule has 6 saturated heterocycles. The van der Waals surface area contributed by atoms with Gasteiger partial charge in [0, 0.05) is 148 Å². The van der Waals surface area contributed by atoms with Crippen LogP contribution in [0.25, 0.3) is 11.4 Å². The van der Waals surface area contributed by atoms with Gasteiger partial charge in [-0.05, 0) is 174 Å². The Morgan fingerprint density at radius 3 is 1.13 bits per heavy atom. The number of piperazine rings is 2. The minimum Gasteiger partial charge on any atom is -0.493 e. The number of aromatic nitrogens is 12. The summed E-state index contributed by atoms with van der Waals surface area (Å²) >= 11 is 0. The van der Waals surface area contributed by atoms with Crippen molar-refractivity contribution in [3.8, 4) is 22.9 Å². The molecule has 0 radical (unpaired) electrons. The second-order valence-electron chi connectivity index (χ2n) is 31.6. The van der Waals surface area contributed by atoms with Crippen LogP contribution in [0.4, 0.5) is 45.1 Å². The number of halogens is 4. The fraction of sp³-hybridized carbons (Fsp3) is 0.471. The third-order valence-corrected chi connectivity index (χ3v) is 24.6. The Balaban J connectivity index is 0.436. The summed E-state index contributed by atoms with van der Waals surface area (Å²) in [6, 6.07) is 39.1. The molecule has 0 spiro atoms. The van der Waals surface area contributed by atoms with E-state index < -0.39 is 40.6 Å². The zero-order valence-corrected chi connectivity index (χ0v) is 65.9. The van der Waals surface area contributed by atoms with Crippen LogP contribution in [0.5, 0.6) is 11.5 Å². The van der Waals surface area contributed by atoms with Crippen LogP contribution in [0, 0.1) is 35.1 Å². The van der Waals surface area contributed by atoms with Crippen molar-refractivity contribution in [3.05, 3.63) is 227 Å². The molecule has 27 nitrogen and oxygen atoms in total. The maximum absolute atomic E-state index is 15.2. The Bertz CT molecular complexity index is 4710. The highest BCUT2D eigenvalue weighted by atomic mass is 19.1. The van der Waals surface area contributed by atoms with E-state index in [4.69, 9.17) is 28.4 Å². The van der Waals surface area contributed by atoms with Crippen LogP contribution in [0.2, 0.25) is 0 Å². The lowest BCUT2D eigenvalue weighted by atomic mass is 9.87. The quantitative estimate of drug-likeness (QED) is 0.0327. The second kappa shape index (κ2) is 34.9. The molecule has 0 aliphatic carbocycles. The van der Waals surface area contributed by atoms with Gasteiger partial charge < -0.3 is 48.0 Å². The number of ether oxygens (including phenoxy) is 6. The molecule has 16 rings (SSSR count). The first-order valence-corrected chi connectivity index (χ1v) is 40.6. The van der Waals surface area contributed by atoms with Crippen LogP contribution >= 0.6 is 0 Å². The number of carbonyl (C=O) groups is 1. The van der Waals surface area contributed by atoms with Gasteiger partial charge in [-0.15, -0.1) is 0 Å². The lowest BCUT2D eigenvalue weighted by Gasteiger charge is -2.39. The molecular formula is C85H100F4N18O9. The molecular weight excluding hydrogens is 1490 g/mol. The van der Waals surface area contributed by atoms with Crippen molar-refractivity contribution in [3.63, 3.8) is 0 Å². The van der Waals surface area contributed by atoms with E-state index in [9.17, 15) is 23.2 Å². The van der Waals surface area contributed by atoms with Crippen LogP contribution in [0.1, 0.15) is 102 Å². The van der Waals surface area contributed by atoms with Crippen molar-refractivity contribution in [2.24, 2.45) is 11.8 Å². The topological polar surface area (TPSA) is 233 Å². The highest BCUT2D eigenvalue weighted by Crippen LogP contribution is 2.44.